The first-order valence-electron chi connectivity index (χ1n) is 9.70. The van der Waals surface area contributed by atoms with Gasteiger partial charge in [0.25, 0.3) is 5.91 Å². The van der Waals surface area contributed by atoms with Crippen LogP contribution in [0.5, 0.6) is 0 Å². The highest BCUT2D eigenvalue weighted by Crippen LogP contribution is 2.39. The van der Waals surface area contributed by atoms with Crippen molar-refractivity contribution in [1.82, 2.24) is 0 Å². The molecule has 0 radical (unpaired) electrons. The second-order valence-corrected chi connectivity index (χ2v) is 8.99. The summed E-state index contributed by atoms with van der Waals surface area (Å²) in [6.45, 7) is 2.19. The zero-order valence-electron chi connectivity index (χ0n) is 16.4. The maximum Gasteiger partial charge on any atom is 0.251 e. The van der Waals surface area contributed by atoms with Crippen molar-refractivity contribution in [1.29, 1.82) is 0 Å². The Labute approximate surface area is 183 Å². The average molecular weight is 441 g/mol. The third kappa shape index (κ3) is 4.35. The van der Waals surface area contributed by atoms with E-state index in [1.165, 1.54) is 17.4 Å². The van der Waals surface area contributed by atoms with Crippen LogP contribution in [0.3, 0.4) is 0 Å². The number of hydrogen-bond acceptors (Lipinski definition) is 4. The van der Waals surface area contributed by atoms with Gasteiger partial charge in [-0.2, -0.15) is 0 Å². The first kappa shape index (κ1) is 20.4. The number of nitrogens with two attached hydrogens (primary N) is 1. The van der Waals surface area contributed by atoms with Gasteiger partial charge < -0.3 is 15.5 Å². The largest absolute Gasteiger partial charge is 0.457 e. The van der Waals surface area contributed by atoms with Crippen LogP contribution in [0.1, 0.15) is 39.9 Å². The molecule has 1 atom stereocenters. The number of carbonyl (C=O) groups excluding carboxylic acids is 2. The molecule has 30 heavy (non-hydrogen) atoms. The highest BCUT2D eigenvalue weighted by atomic mass is 35.5. The Morgan fingerprint density at radius 3 is 2.73 bits per heavy atom. The molecule has 1 aliphatic rings. The van der Waals surface area contributed by atoms with E-state index in [1.54, 1.807) is 24.3 Å². The summed E-state index contributed by atoms with van der Waals surface area (Å²) in [6, 6.07) is 10.9. The number of hydrogen-bond donors (Lipinski definition) is 2. The van der Waals surface area contributed by atoms with Crippen molar-refractivity contribution < 1.29 is 14.0 Å². The predicted octanol–water partition coefficient (Wildman–Crippen LogP) is 5.54. The number of primary amides is 1. The van der Waals surface area contributed by atoms with Crippen molar-refractivity contribution in [3.8, 4) is 11.3 Å². The monoisotopic (exact) mass is 440 g/mol. The first-order chi connectivity index (χ1) is 14.4. The molecule has 0 unspecified atom stereocenters. The predicted molar refractivity (Wildman–Crippen MR) is 121 cm³/mol. The van der Waals surface area contributed by atoms with E-state index in [9.17, 15) is 9.59 Å². The first-order valence-corrected chi connectivity index (χ1v) is 10.9. The van der Waals surface area contributed by atoms with Gasteiger partial charge in [-0.1, -0.05) is 18.5 Å². The lowest BCUT2D eigenvalue weighted by atomic mass is 9.88. The summed E-state index contributed by atoms with van der Waals surface area (Å²) in [5.74, 6) is 0.954. The zero-order chi connectivity index (χ0) is 21.3. The summed E-state index contributed by atoms with van der Waals surface area (Å²) in [6.07, 6.45) is 5.72. The Morgan fingerprint density at radius 1 is 1.23 bits per heavy atom. The number of anilines is 1. The lowest BCUT2D eigenvalue weighted by Gasteiger charge is -2.18. The van der Waals surface area contributed by atoms with Crippen LogP contribution < -0.4 is 11.1 Å². The van der Waals surface area contributed by atoms with Crippen molar-refractivity contribution >= 4 is 45.8 Å². The lowest BCUT2D eigenvalue weighted by Crippen LogP contribution is -2.18. The quantitative estimate of drug-likeness (QED) is 0.511. The van der Waals surface area contributed by atoms with Gasteiger partial charge in [-0.05, 0) is 73.2 Å². The fraction of sp³-hybridized carbons (Fsp3) is 0.217. The Balaban J connectivity index is 1.48. The molecule has 1 aliphatic carbocycles. The van der Waals surface area contributed by atoms with Gasteiger partial charge >= 0.3 is 0 Å². The van der Waals surface area contributed by atoms with E-state index in [4.69, 9.17) is 21.8 Å². The van der Waals surface area contributed by atoms with Gasteiger partial charge in [0.2, 0.25) is 5.91 Å². The number of carbonyl (C=O) groups is 2. The number of halogens is 1. The van der Waals surface area contributed by atoms with E-state index in [2.05, 4.69) is 12.2 Å². The van der Waals surface area contributed by atoms with Crippen LogP contribution in [0.4, 0.5) is 5.00 Å². The highest BCUT2D eigenvalue weighted by molar-refractivity contribution is 7.17. The minimum atomic E-state index is -0.500. The van der Waals surface area contributed by atoms with E-state index in [1.807, 2.05) is 18.2 Å². The number of benzene rings is 1. The molecular weight excluding hydrogens is 420 g/mol. The molecule has 0 fully saturated rings. The molecule has 0 aliphatic heterocycles. The number of nitrogens with one attached hydrogen (secondary N) is 1. The average Bonchev–Trinajstić information content (AvgIpc) is 3.31. The van der Waals surface area contributed by atoms with E-state index in [0.29, 0.717) is 33.0 Å². The van der Waals surface area contributed by atoms with Crippen molar-refractivity contribution in [3.63, 3.8) is 0 Å². The Hall–Kier alpha value is -2.83. The topological polar surface area (TPSA) is 85.3 Å². The van der Waals surface area contributed by atoms with Crippen LogP contribution >= 0.6 is 22.9 Å². The van der Waals surface area contributed by atoms with Crippen molar-refractivity contribution in [2.75, 3.05) is 5.32 Å². The van der Waals surface area contributed by atoms with Crippen molar-refractivity contribution in [2.24, 2.45) is 11.7 Å². The third-order valence-corrected chi connectivity index (χ3v) is 6.57. The second kappa shape index (κ2) is 8.50. The minimum absolute atomic E-state index is 0.339. The standard InChI is InChI=1S/C23H21ClN2O3S/c1-13-2-9-17-19(12-13)30-23(21(17)22(25)28)26-20(27)11-8-16-7-10-18(29-16)14-3-5-15(24)6-4-14/h3-8,10-11,13H,2,9,12H2,1H3,(H2,25,28)(H,26,27)/b11-8+/t13-/m0/s1. The van der Waals surface area contributed by atoms with Crippen LogP contribution in [-0.4, -0.2) is 11.8 Å². The summed E-state index contributed by atoms with van der Waals surface area (Å²) >= 11 is 7.36. The summed E-state index contributed by atoms with van der Waals surface area (Å²) in [5.41, 5.74) is 7.94. The van der Waals surface area contributed by atoms with E-state index >= 15 is 0 Å². The summed E-state index contributed by atoms with van der Waals surface area (Å²) in [7, 11) is 0. The third-order valence-electron chi connectivity index (χ3n) is 5.15. The normalized spacial score (nSPS) is 15.9. The molecule has 3 aromatic rings. The molecule has 5 nitrogen and oxygen atoms in total. The second-order valence-electron chi connectivity index (χ2n) is 7.45. The molecule has 2 heterocycles. The lowest BCUT2D eigenvalue weighted by molar-refractivity contribution is -0.111. The molecule has 1 aromatic carbocycles. The molecule has 4 rings (SSSR count). The maximum atomic E-state index is 12.5. The number of furan rings is 1. The van der Waals surface area contributed by atoms with E-state index in [-0.39, 0.29) is 5.91 Å². The van der Waals surface area contributed by atoms with Crippen LogP contribution in [-0.2, 0) is 17.6 Å². The molecule has 7 heteroatoms. The van der Waals surface area contributed by atoms with Gasteiger partial charge in [0.15, 0.2) is 0 Å². The molecule has 0 bridgehead atoms. The molecular formula is C23H21ClN2O3S. The van der Waals surface area contributed by atoms with E-state index < -0.39 is 5.91 Å². The SMILES string of the molecule is C[C@H]1CCc2c(sc(NC(=O)/C=C/c3ccc(-c4ccc(Cl)cc4)o3)c2C(N)=O)C1. The van der Waals surface area contributed by atoms with Crippen molar-refractivity contribution in [2.45, 2.75) is 26.2 Å². The number of amides is 2. The fourth-order valence-corrected chi connectivity index (χ4v) is 5.17. The van der Waals surface area contributed by atoms with Gasteiger partial charge in [-0.3, -0.25) is 9.59 Å². The van der Waals surface area contributed by atoms with Crippen LogP contribution in [0, 0.1) is 5.92 Å². The highest BCUT2D eigenvalue weighted by Gasteiger charge is 2.26. The molecule has 154 valence electrons. The van der Waals surface area contributed by atoms with Crippen LogP contribution in [0.25, 0.3) is 17.4 Å². The summed E-state index contributed by atoms with van der Waals surface area (Å²) < 4.78 is 5.77. The molecule has 0 saturated carbocycles. The molecule has 3 N–H and O–H groups in total. The molecule has 2 amide bonds. The Kier molecular flexibility index (Phi) is 5.79. The maximum absolute atomic E-state index is 12.5. The van der Waals surface area contributed by atoms with E-state index in [0.717, 1.165) is 35.3 Å². The smallest absolute Gasteiger partial charge is 0.251 e. The molecule has 0 saturated heterocycles. The van der Waals surface area contributed by atoms with Gasteiger partial charge in [0, 0.05) is 21.5 Å². The number of thiophene rings is 1. The van der Waals surface area contributed by atoms with Gasteiger partial charge in [0.05, 0.1) is 5.56 Å². The Bertz CT molecular complexity index is 1130. The number of rotatable bonds is 5. The summed E-state index contributed by atoms with van der Waals surface area (Å²) in [5, 5.41) is 3.99. The summed E-state index contributed by atoms with van der Waals surface area (Å²) in [4.78, 5) is 25.6. The number of fused-ring (bicyclic) bond motifs is 1. The van der Waals surface area contributed by atoms with Gasteiger partial charge in [0.1, 0.15) is 16.5 Å². The van der Waals surface area contributed by atoms with Crippen molar-refractivity contribution in [3.05, 3.63) is 69.3 Å². The van der Waals surface area contributed by atoms with Crippen LogP contribution in [0.15, 0.2) is 46.9 Å². The minimum Gasteiger partial charge on any atom is -0.457 e. The molecule has 0 spiro atoms. The van der Waals surface area contributed by atoms with Crippen LogP contribution in [0.2, 0.25) is 5.02 Å². The fourth-order valence-electron chi connectivity index (χ4n) is 3.62. The van der Waals surface area contributed by atoms with Gasteiger partial charge in [-0.25, -0.2) is 0 Å². The van der Waals surface area contributed by atoms with Gasteiger partial charge in [-0.15, -0.1) is 11.3 Å². The molecule has 2 aromatic heterocycles. The Morgan fingerprint density at radius 2 is 2.00 bits per heavy atom. The zero-order valence-corrected chi connectivity index (χ0v) is 18.0.